The van der Waals surface area contributed by atoms with Crippen molar-refractivity contribution >= 4 is 37.2 Å². The number of nitrogens with zero attached hydrogens (tertiary/aromatic N) is 1. The van der Waals surface area contributed by atoms with E-state index in [0.717, 1.165) is 66.9 Å². The number of hydrogen-bond acceptors (Lipinski definition) is 6. The predicted octanol–water partition coefficient (Wildman–Crippen LogP) is 3.26. The molecule has 0 heterocycles. The van der Waals surface area contributed by atoms with Gasteiger partial charge in [-0.1, -0.05) is 44.9 Å². The van der Waals surface area contributed by atoms with Crippen molar-refractivity contribution in [3.8, 4) is 0 Å². The van der Waals surface area contributed by atoms with Gasteiger partial charge in [0.2, 0.25) is 0 Å². The Balaban J connectivity index is 0.00000560. The molecule has 0 bridgehead atoms. The van der Waals surface area contributed by atoms with Gasteiger partial charge in [-0.25, -0.2) is 0 Å². The van der Waals surface area contributed by atoms with E-state index >= 15 is 0 Å². The molecule has 0 amide bonds. The first-order valence-corrected chi connectivity index (χ1v) is 15.8. The van der Waals surface area contributed by atoms with Crippen molar-refractivity contribution in [1.82, 2.24) is 0 Å². The third kappa shape index (κ3) is 8.72. The van der Waals surface area contributed by atoms with Crippen LogP contribution in [0.15, 0.2) is 80.6 Å². The van der Waals surface area contributed by atoms with Crippen LogP contribution in [0, 0.1) is 6.92 Å². The summed E-state index contributed by atoms with van der Waals surface area (Å²) in [6.45, 7) is 9.59. The van der Waals surface area contributed by atoms with Gasteiger partial charge in [0.05, 0.1) is 10.6 Å². The number of benzene rings is 2. The molecule has 1 aliphatic rings. The number of rotatable bonds is 11. The molecule has 0 fully saturated rings. The van der Waals surface area contributed by atoms with Crippen LogP contribution in [-0.2, 0) is 20.2 Å². The van der Waals surface area contributed by atoms with Crippen molar-refractivity contribution in [2.24, 2.45) is 4.99 Å². The van der Waals surface area contributed by atoms with Crippen molar-refractivity contribution in [3.63, 3.8) is 0 Å². The average Bonchev–Trinajstić information content (AvgIpc) is 2.86. The third-order valence-electron chi connectivity index (χ3n) is 6.44. The molecule has 40 heavy (non-hydrogen) atoms. The van der Waals surface area contributed by atoms with E-state index in [9.17, 15) is 25.9 Å². The number of allylic oxidation sites excluding steroid dienone is 5. The summed E-state index contributed by atoms with van der Waals surface area (Å²) in [6, 6.07) is 8.88. The van der Waals surface area contributed by atoms with Crippen LogP contribution in [0.4, 0.5) is 5.69 Å². The molecule has 0 unspecified atom stereocenters. The van der Waals surface area contributed by atoms with Gasteiger partial charge in [0.15, 0.2) is 0 Å². The smallest absolute Gasteiger partial charge is 0.385 e. The first kappa shape index (κ1) is 34.2. The second kappa shape index (κ2) is 14.7. The summed E-state index contributed by atoms with van der Waals surface area (Å²) in [4.78, 5) is 3.40. The Morgan fingerprint density at radius 1 is 0.900 bits per heavy atom. The van der Waals surface area contributed by atoms with Gasteiger partial charge in [-0.2, -0.15) is 16.8 Å². The standard InChI is InChI=1S/C29H36N2O6S2.Na/c1-5-7-15-30-26-13-9-22(17-20(26)3)29(23-10-14-27(21(4)18-23)31-16-8-6-2)25-12-11-24(38(32,33)34)19-28(25)39(35,36)37;/h9-14,17-19,30H,5-8,15-16H2,1-4H3,(H,32,33,34)(H,35,36,37);/q;+1. The molecule has 0 aliphatic heterocycles. The fourth-order valence-electron chi connectivity index (χ4n) is 4.32. The van der Waals surface area contributed by atoms with Crippen LogP contribution >= 0.6 is 0 Å². The van der Waals surface area contributed by atoms with Gasteiger partial charge in [-0.05, 0) is 91.0 Å². The number of anilines is 1. The molecule has 0 saturated carbocycles. The van der Waals surface area contributed by atoms with Gasteiger partial charge in [-0.15, -0.1) is 0 Å². The number of aliphatic imine (C=N–C) groups is 1. The fourth-order valence-corrected chi connectivity index (χ4v) is 5.63. The van der Waals surface area contributed by atoms with Crippen molar-refractivity contribution < 1.29 is 55.5 Å². The normalized spacial score (nSPS) is 15.9. The number of nitrogens with one attached hydrogen (secondary N) is 1. The minimum atomic E-state index is -4.87. The zero-order valence-corrected chi connectivity index (χ0v) is 27.4. The molecule has 0 aromatic heterocycles. The van der Waals surface area contributed by atoms with Crippen LogP contribution in [0.25, 0.3) is 5.57 Å². The van der Waals surface area contributed by atoms with E-state index in [1.54, 1.807) is 0 Å². The maximum absolute atomic E-state index is 12.5. The zero-order chi connectivity index (χ0) is 28.8. The summed E-state index contributed by atoms with van der Waals surface area (Å²) in [5.74, 6) is 0. The van der Waals surface area contributed by atoms with Gasteiger partial charge in [0.25, 0.3) is 20.2 Å². The summed E-state index contributed by atoms with van der Waals surface area (Å²) < 4.78 is 68.1. The maximum atomic E-state index is 12.5. The van der Waals surface area contributed by atoms with Crippen LogP contribution in [0.1, 0.15) is 63.1 Å². The van der Waals surface area contributed by atoms with Gasteiger partial charge in [0, 0.05) is 24.3 Å². The summed E-state index contributed by atoms with van der Waals surface area (Å²) in [6.07, 6.45) is 9.67. The predicted molar refractivity (Wildman–Crippen MR) is 157 cm³/mol. The van der Waals surface area contributed by atoms with Crippen molar-refractivity contribution in [3.05, 3.63) is 82.5 Å². The van der Waals surface area contributed by atoms with E-state index in [1.165, 1.54) is 6.07 Å². The molecular weight excluding hydrogens is 559 g/mol. The molecule has 11 heteroatoms. The molecule has 2 aromatic rings. The monoisotopic (exact) mass is 595 g/mol. The summed E-state index contributed by atoms with van der Waals surface area (Å²) in [7, 11) is -9.58. The van der Waals surface area contributed by atoms with Crippen LogP contribution in [-0.4, -0.2) is 44.7 Å². The molecule has 0 spiro atoms. The molecule has 3 N–H and O–H groups in total. The van der Waals surface area contributed by atoms with Gasteiger partial charge < -0.3 is 5.32 Å². The van der Waals surface area contributed by atoms with E-state index in [0.29, 0.717) is 23.3 Å². The third-order valence-corrected chi connectivity index (χ3v) is 8.18. The molecule has 210 valence electrons. The number of hydrogen-bond donors (Lipinski definition) is 3. The Kier molecular flexibility index (Phi) is 12.6. The first-order chi connectivity index (χ1) is 18.4. The maximum Gasteiger partial charge on any atom is 1.00 e. The van der Waals surface area contributed by atoms with E-state index in [4.69, 9.17) is 0 Å². The minimum Gasteiger partial charge on any atom is -0.385 e. The van der Waals surface area contributed by atoms with E-state index in [2.05, 4.69) is 24.2 Å². The largest absolute Gasteiger partial charge is 1.00 e. The minimum absolute atomic E-state index is 0. The Morgan fingerprint density at radius 3 is 2.17 bits per heavy atom. The molecule has 0 saturated heterocycles. The summed E-state index contributed by atoms with van der Waals surface area (Å²) in [5, 5.41) is 3.41. The van der Waals surface area contributed by atoms with E-state index in [1.807, 2.05) is 50.3 Å². The van der Waals surface area contributed by atoms with Crippen molar-refractivity contribution in [1.29, 1.82) is 0 Å². The summed E-state index contributed by atoms with van der Waals surface area (Å²) in [5.41, 5.74) is 5.53. The Hall–Kier alpha value is -2.05. The quantitative estimate of drug-likeness (QED) is 0.206. The van der Waals surface area contributed by atoms with Crippen molar-refractivity contribution in [2.45, 2.75) is 63.2 Å². The van der Waals surface area contributed by atoms with Crippen LogP contribution in [0.5, 0.6) is 0 Å². The SMILES string of the molecule is CCCCN=C1C=CC(=C(c2ccc(NCCCC)c(C)c2)c2ccc(S(=O)(=O)O)cc2S(=O)(=O)O)C=C1C.[Na+]. The van der Waals surface area contributed by atoms with Crippen molar-refractivity contribution in [2.75, 3.05) is 18.4 Å². The molecule has 8 nitrogen and oxygen atoms in total. The zero-order valence-electron chi connectivity index (χ0n) is 23.7. The number of aryl methyl sites for hydroxylation is 1. The van der Waals surface area contributed by atoms with Gasteiger partial charge in [0.1, 0.15) is 4.90 Å². The van der Waals surface area contributed by atoms with Crippen LogP contribution in [0.3, 0.4) is 0 Å². The van der Waals surface area contributed by atoms with E-state index < -0.39 is 30.0 Å². The Morgan fingerprint density at radius 2 is 1.60 bits per heavy atom. The summed E-state index contributed by atoms with van der Waals surface area (Å²) >= 11 is 0. The Bertz CT molecular complexity index is 1570. The Labute approximate surface area is 260 Å². The average molecular weight is 596 g/mol. The van der Waals surface area contributed by atoms with E-state index in [-0.39, 0.29) is 35.1 Å². The molecule has 2 aromatic carbocycles. The first-order valence-electron chi connectivity index (χ1n) is 13.0. The van der Waals surface area contributed by atoms with Crippen LogP contribution in [0.2, 0.25) is 0 Å². The second-order valence-electron chi connectivity index (χ2n) is 9.53. The number of unbranched alkanes of at least 4 members (excludes halogenated alkanes) is 2. The van der Waals surface area contributed by atoms with Gasteiger partial charge >= 0.3 is 29.6 Å². The topological polar surface area (TPSA) is 133 Å². The van der Waals surface area contributed by atoms with Crippen LogP contribution < -0.4 is 34.9 Å². The molecule has 3 rings (SSSR count). The molecule has 1 aliphatic carbocycles. The molecule has 0 radical (unpaired) electrons. The van der Waals surface area contributed by atoms with Gasteiger partial charge in [-0.3, -0.25) is 14.1 Å². The second-order valence-corrected chi connectivity index (χ2v) is 12.3. The molecule has 0 atom stereocenters. The fraction of sp³-hybridized carbons (Fsp3) is 0.345. The molecular formula is C29H36N2NaO6S2+.